The Balaban J connectivity index is 2.38. The molecule has 2 aromatic rings. The largest absolute Gasteiger partial charge is 0.465 e. The molecule has 0 unspecified atom stereocenters. The fraction of sp³-hybridized carbons (Fsp3) is 0.250. The number of hydrogen-bond donors (Lipinski definition) is 0. The van der Waals surface area contributed by atoms with Gasteiger partial charge in [0.25, 0.3) is 0 Å². The predicted octanol–water partition coefficient (Wildman–Crippen LogP) is 1.74. The standard InChI is InChI=1S/C12H11N3O2/c1-17-12(16)9-3-4-11-10(7-9)14-8-15(11)6-2-5-13/h3-4,7-8H,2,6H2,1H3. The number of nitriles is 1. The van der Waals surface area contributed by atoms with Crippen molar-refractivity contribution in [2.24, 2.45) is 0 Å². The second kappa shape index (κ2) is 4.66. The van der Waals surface area contributed by atoms with E-state index in [0.29, 0.717) is 18.5 Å². The molecule has 5 heteroatoms. The van der Waals surface area contributed by atoms with E-state index in [-0.39, 0.29) is 5.97 Å². The molecule has 1 aromatic carbocycles. The molecular formula is C12H11N3O2. The van der Waals surface area contributed by atoms with Gasteiger partial charge in [-0.25, -0.2) is 9.78 Å². The molecule has 0 saturated heterocycles. The highest BCUT2D eigenvalue weighted by Crippen LogP contribution is 2.15. The first-order valence-corrected chi connectivity index (χ1v) is 5.16. The van der Waals surface area contributed by atoms with Gasteiger partial charge in [-0.1, -0.05) is 0 Å². The molecule has 5 nitrogen and oxygen atoms in total. The smallest absolute Gasteiger partial charge is 0.337 e. The van der Waals surface area contributed by atoms with Gasteiger partial charge in [0.2, 0.25) is 0 Å². The average Bonchev–Trinajstić information content (AvgIpc) is 2.77. The van der Waals surface area contributed by atoms with Crippen LogP contribution in [0.1, 0.15) is 16.8 Å². The summed E-state index contributed by atoms with van der Waals surface area (Å²) in [5, 5.41) is 8.54. The van der Waals surface area contributed by atoms with Crippen molar-refractivity contribution in [1.82, 2.24) is 9.55 Å². The van der Waals surface area contributed by atoms with Crippen LogP contribution in [0.15, 0.2) is 24.5 Å². The van der Waals surface area contributed by atoms with Crippen LogP contribution in [0.4, 0.5) is 0 Å². The van der Waals surface area contributed by atoms with Crippen LogP contribution in [0.3, 0.4) is 0 Å². The minimum atomic E-state index is -0.376. The van der Waals surface area contributed by atoms with E-state index in [4.69, 9.17) is 5.26 Å². The number of carbonyl (C=O) groups excluding carboxylic acids is 1. The summed E-state index contributed by atoms with van der Waals surface area (Å²) in [5.41, 5.74) is 2.12. The zero-order valence-electron chi connectivity index (χ0n) is 9.38. The van der Waals surface area contributed by atoms with Crippen LogP contribution < -0.4 is 0 Å². The van der Waals surface area contributed by atoms with Crippen molar-refractivity contribution in [3.63, 3.8) is 0 Å². The molecule has 0 aliphatic rings. The first-order valence-electron chi connectivity index (χ1n) is 5.16. The fourth-order valence-electron chi connectivity index (χ4n) is 1.66. The van der Waals surface area contributed by atoms with Gasteiger partial charge in [-0.3, -0.25) is 0 Å². The highest BCUT2D eigenvalue weighted by molar-refractivity contribution is 5.93. The van der Waals surface area contributed by atoms with Crippen molar-refractivity contribution in [1.29, 1.82) is 5.26 Å². The van der Waals surface area contributed by atoms with Crippen molar-refractivity contribution in [3.05, 3.63) is 30.1 Å². The Labute approximate surface area is 98.2 Å². The third kappa shape index (κ3) is 2.11. The number of hydrogen-bond acceptors (Lipinski definition) is 4. The van der Waals surface area contributed by atoms with Crippen LogP contribution in [0.5, 0.6) is 0 Å². The number of esters is 1. The monoisotopic (exact) mass is 229 g/mol. The average molecular weight is 229 g/mol. The zero-order valence-corrected chi connectivity index (χ0v) is 9.38. The Hall–Kier alpha value is -2.35. The topological polar surface area (TPSA) is 67.9 Å². The molecule has 1 heterocycles. The number of aryl methyl sites for hydroxylation is 1. The van der Waals surface area contributed by atoms with Gasteiger partial charge in [0.15, 0.2) is 0 Å². The summed E-state index contributed by atoms with van der Waals surface area (Å²) in [4.78, 5) is 15.5. The molecule has 0 radical (unpaired) electrons. The lowest BCUT2D eigenvalue weighted by Gasteiger charge is -2.01. The third-order valence-electron chi connectivity index (χ3n) is 2.51. The normalized spacial score (nSPS) is 10.1. The number of nitrogens with zero attached hydrogens (tertiary/aromatic N) is 3. The van der Waals surface area contributed by atoms with E-state index in [0.717, 1.165) is 11.0 Å². The van der Waals surface area contributed by atoms with Gasteiger partial charge in [-0.2, -0.15) is 5.26 Å². The fourth-order valence-corrected chi connectivity index (χ4v) is 1.66. The molecule has 0 aliphatic heterocycles. The van der Waals surface area contributed by atoms with E-state index in [2.05, 4.69) is 15.8 Å². The minimum Gasteiger partial charge on any atom is -0.465 e. The number of imidazole rings is 1. The lowest BCUT2D eigenvalue weighted by molar-refractivity contribution is 0.0601. The molecule has 1 aromatic heterocycles. The lowest BCUT2D eigenvalue weighted by atomic mass is 10.2. The van der Waals surface area contributed by atoms with Crippen molar-refractivity contribution in [2.45, 2.75) is 13.0 Å². The quantitative estimate of drug-likeness (QED) is 0.752. The maximum Gasteiger partial charge on any atom is 0.337 e. The Morgan fingerprint density at radius 3 is 3.12 bits per heavy atom. The minimum absolute atomic E-state index is 0.376. The van der Waals surface area contributed by atoms with E-state index in [1.807, 2.05) is 10.6 Å². The summed E-state index contributed by atoms with van der Waals surface area (Å²) < 4.78 is 6.53. The van der Waals surface area contributed by atoms with Crippen LogP contribution in [-0.4, -0.2) is 22.6 Å². The summed E-state index contributed by atoms with van der Waals surface area (Å²) in [7, 11) is 1.35. The Morgan fingerprint density at radius 1 is 1.59 bits per heavy atom. The van der Waals surface area contributed by atoms with Crippen molar-refractivity contribution in [3.8, 4) is 6.07 Å². The maximum atomic E-state index is 11.3. The van der Waals surface area contributed by atoms with Crippen LogP contribution in [-0.2, 0) is 11.3 Å². The van der Waals surface area contributed by atoms with Crippen LogP contribution in [0.2, 0.25) is 0 Å². The first kappa shape index (κ1) is 11.1. The molecule has 0 fully saturated rings. The number of benzene rings is 1. The summed E-state index contributed by atoms with van der Waals surface area (Å²) >= 11 is 0. The van der Waals surface area contributed by atoms with Crippen LogP contribution >= 0.6 is 0 Å². The molecule has 0 saturated carbocycles. The highest BCUT2D eigenvalue weighted by Gasteiger charge is 2.08. The molecular weight excluding hydrogens is 218 g/mol. The molecule has 0 amide bonds. The van der Waals surface area contributed by atoms with Gasteiger partial charge < -0.3 is 9.30 Å². The summed E-state index contributed by atoms with van der Waals surface area (Å²) in [6, 6.07) is 7.28. The number of rotatable bonds is 3. The molecule has 0 spiro atoms. The predicted molar refractivity (Wildman–Crippen MR) is 61.3 cm³/mol. The van der Waals surface area contributed by atoms with E-state index < -0.39 is 0 Å². The Kier molecular flexibility index (Phi) is 3.06. The van der Waals surface area contributed by atoms with E-state index in [9.17, 15) is 4.79 Å². The third-order valence-corrected chi connectivity index (χ3v) is 2.51. The Bertz CT molecular complexity index is 595. The number of fused-ring (bicyclic) bond motifs is 1. The van der Waals surface area contributed by atoms with Crippen molar-refractivity contribution in [2.75, 3.05) is 7.11 Å². The van der Waals surface area contributed by atoms with Gasteiger partial charge in [-0.05, 0) is 18.2 Å². The SMILES string of the molecule is COC(=O)c1ccc2c(c1)ncn2CCC#N. The zero-order chi connectivity index (χ0) is 12.3. The van der Waals surface area contributed by atoms with E-state index in [1.165, 1.54) is 7.11 Å². The highest BCUT2D eigenvalue weighted by atomic mass is 16.5. The maximum absolute atomic E-state index is 11.3. The lowest BCUT2D eigenvalue weighted by Crippen LogP contribution is -2.01. The van der Waals surface area contributed by atoms with Gasteiger partial charge in [0, 0.05) is 6.54 Å². The summed E-state index contributed by atoms with van der Waals surface area (Å²) in [6.07, 6.45) is 2.10. The number of methoxy groups -OCH3 is 1. The molecule has 2 rings (SSSR count). The Morgan fingerprint density at radius 2 is 2.41 bits per heavy atom. The van der Waals surface area contributed by atoms with Gasteiger partial charge in [0.05, 0.1) is 42.5 Å². The summed E-state index contributed by atoms with van der Waals surface area (Å²) in [5.74, 6) is -0.376. The van der Waals surface area contributed by atoms with E-state index in [1.54, 1.807) is 18.5 Å². The number of carbonyl (C=O) groups is 1. The molecule has 0 atom stereocenters. The molecule has 0 N–H and O–H groups in total. The van der Waals surface area contributed by atoms with Gasteiger partial charge in [0.1, 0.15) is 0 Å². The second-order valence-electron chi connectivity index (χ2n) is 3.54. The molecule has 0 bridgehead atoms. The van der Waals surface area contributed by atoms with Crippen LogP contribution in [0, 0.1) is 11.3 Å². The first-order chi connectivity index (χ1) is 8.26. The van der Waals surface area contributed by atoms with Gasteiger partial charge >= 0.3 is 5.97 Å². The number of ether oxygens (including phenoxy) is 1. The number of aromatic nitrogens is 2. The van der Waals surface area contributed by atoms with E-state index >= 15 is 0 Å². The van der Waals surface area contributed by atoms with Gasteiger partial charge in [-0.15, -0.1) is 0 Å². The molecule has 0 aliphatic carbocycles. The molecule has 17 heavy (non-hydrogen) atoms. The van der Waals surface area contributed by atoms with Crippen LogP contribution in [0.25, 0.3) is 11.0 Å². The second-order valence-corrected chi connectivity index (χ2v) is 3.54. The van der Waals surface area contributed by atoms with Crippen molar-refractivity contribution >= 4 is 17.0 Å². The van der Waals surface area contributed by atoms with Crippen molar-refractivity contribution < 1.29 is 9.53 Å². The molecule has 86 valence electrons. The summed E-state index contributed by atoms with van der Waals surface area (Å²) in [6.45, 7) is 0.602.